The molecule has 0 unspecified atom stereocenters. The molecule has 2 fully saturated rings. The fourth-order valence-corrected chi connectivity index (χ4v) is 9.15. The summed E-state index contributed by atoms with van der Waals surface area (Å²) >= 11 is 0. The quantitative estimate of drug-likeness (QED) is 0.118. The van der Waals surface area contributed by atoms with Crippen LogP contribution >= 0.6 is 0 Å². The number of carbonyl (C=O) groups is 4. The second-order valence-electron chi connectivity index (χ2n) is 20.4. The number of nitrogens with one attached hydrogen (secondary N) is 4. The minimum Gasteiger partial charge on any atom is -0.444 e. The van der Waals surface area contributed by atoms with Crippen LogP contribution in [0.4, 0.5) is 42.2 Å². The van der Waals surface area contributed by atoms with E-state index in [1.54, 1.807) is 34.1 Å². The number of benzene rings is 2. The van der Waals surface area contributed by atoms with Crippen LogP contribution in [0.5, 0.6) is 0 Å². The smallest absolute Gasteiger partial charge is 0.410 e. The van der Waals surface area contributed by atoms with Gasteiger partial charge in [0.25, 0.3) is 0 Å². The number of nitriles is 2. The van der Waals surface area contributed by atoms with Gasteiger partial charge in [0.15, 0.2) is 11.6 Å². The summed E-state index contributed by atoms with van der Waals surface area (Å²) < 4.78 is 22.4. The number of nitrogens with zero attached hydrogens (tertiary/aromatic N) is 10. The van der Waals surface area contributed by atoms with Crippen molar-refractivity contribution in [1.82, 2.24) is 40.4 Å². The molecule has 0 aliphatic carbocycles. The Morgan fingerprint density at radius 1 is 0.579 bits per heavy atom. The summed E-state index contributed by atoms with van der Waals surface area (Å²) in [6.07, 6.45) is 0.355. The molecule has 0 spiro atoms. The molecule has 2 atom stereocenters. The number of urea groups is 2. The first-order valence-electron chi connectivity index (χ1n) is 25.9. The third kappa shape index (κ3) is 14.3. The molecule has 0 radical (unpaired) electrons. The van der Waals surface area contributed by atoms with Gasteiger partial charge in [0, 0.05) is 86.0 Å². The molecule has 2 aromatic heterocycles. The maximum atomic E-state index is 13.1. The highest BCUT2D eigenvalue weighted by atomic mass is 16.6. The molecule has 76 heavy (non-hydrogen) atoms. The van der Waals surface area contributed by atoms with Crippen molar-refractivity contribution in [3.05, 3.63) is 71.0 Å². The molecule has 8 rings (SSSR count). The highest BCUT2D eigenvalue weighted by Crippen LogP contribution is 2.40. The van der Waals surface area contributed by atoms with Crippen molar-refractivity contribution in [2.24, 2.45) is 0 Å². The number of morpholine rings is 2. The van der Waals surface area contributed by atoms with E-state index in [1.165, 1.54) is 0 Å². The van der Waals surface area contributed by atoms with Crippen LogP contribution in [0.1, 0.15) is 103 Å². The number of carbonyl (C=O) groups excluding carboxylic acids is 4. The molecule has 22 heteroatoms. The number of aromatic nitrogens is 4. The van der Waals surface area contributed by atoms with Gasteiger partial charge in [0.2, 0.25) is 0 Å². The molecule has 0 bridgehead atoms. The molecule has 4 aromatic rings. The van der Waals surface area contributed by atoms with E-state index in [-0.39, 0.29) is 24.9 Å². The molecule has 6 heterocycles. The number of amides is 6. The molecular weight excluding hydrogens is 973 g/mol. The van der Waals surface area contributed by atoms with Gasteiger partial charge in [-0.05, 0) is 117 Å². The van der Waals surface area contributed by atoms with E-state index < -0.39 is 35.5 Å². The normalized spacial score (nSPS) is 17.3. The van der Waals surface area contributed by atoms with Gasteiger partial charge in [0.1, 0.15) is 22.8 Å². The molecule has 2 aromatic carbocycles. The molecule has 22 nitrogen and oxygen atoms in total. The predicted octanol–water partition coefficient (Wildman–Crippen LogP) is 7.74. The highest BCUT2D eigenvalue weighted by molar-refractivity contribution is 5.90. The van der Waals surface area contributed by atoms with E-state index in [1.807, 2.05) is 79.7 Å². The standard InChI is InChI=1S/2C27H35N7O4/c2*1-5-29-25(35)30-19-8-6-18(7-9-19)23-31-22-20(24(32-23)33-14-16-37-17-15-33)11-13-34(21(22)10-12-28)26(36)38-27(2,3)4/h2*6-9,21H,5,10-11,13-17H2,1-4H3,(H2,29,30,35)/t2*21-/m10/s1. The second kappa shape index (κ2) is 25.1. The Balaban J connectivity index is 0.000000221. The molecule has 4 N–H and O–H groups in total. The number of anilines is 4. The largest absolute Gasteiger partial charge is 0.444 e. The van der Waals surface area contributed by atoms with Crippen LogP contribution in [0.3, 0.4) is 0 Å². The summed E-state index contributed by atoms with van der Waals surface area (Å²) in [4.78, 5) is 77.3. The van der Waals surface area contributed by atoms with Crippen LogP contribution in [-0.4, -0.2) is 144 Å². The Bertz CT molecular complexity index is 2580. The monoisotopic (exact) mass is 1040 g/mol. The number of rotatable bonds is 10. The Hall–Kier alpha value is -7.82. The summed E-state index contributed by atoms with van der Waals surface area (Å²) in [6, 6.07) is 17.4. The van der Waals surface area contributed by atoms with Gasteiger partial charge in [-0.2, -0.15) is 10.5 Å². The summed E-state index contributed by atoms with van der Waals surface area (Å²) in [6.45, 7) is 21.7. The lowest BCUT2D eigenvalue weighted by Crippen LogP contribution is -2.45. The van der Waals surface area contributed by atoms with Crippen LogP contribution in [0.25, 0.3) is 22.8 Å². The fourth-order valence-electron chi connectivity index (χ4n) is 9.15. The van der Waals surface area contributed by atoms with E-state index in [4.69, 9.17) is 38.9 Å². The maximum absolute atomic E-state index is 13.1. The number of hydrogen-bond donors (Lipinski definition) is 4. The lowest BCUT2D eigenvalue weighted by atomic mass is 9.95. The lowest BCUT2D eigenvalue weighted by Gasteiger charge is -2.38. The molecule has 4 aliphatic heterocycles. The average Bonchev–Trinajstić information content (AvgIpc) is 3.38. The molecule has 2 saturated heterocycles. The van der Waals surface area contributed by atoms with Crippen molar-refractivity contribution >= 4 is 47.3 Å². The van der Waals surface area contributed by atoms with Crippen molar-refractivity contribution in [2.45, 2.75) is 104 Å². The van der Waals surface area contributed by atoms with Gasteiger partial charge in [-0.25, -0.2) is 39.1 Å². The molecule has 6 amide bonds. The molecule has 4 aliphatic rings. The Morgan fingerprint density at radius 3 is 1.25 bits per heavy atom. The topological polar surface area (TPSA) is 265 Å². The van der Waals surface area contributed by atoms with Crippen molar-refractivity contribution < 1.29 is 38.1 Å². The van der Waals surface area contributed by atoms with E-state index in [9.17, 15) is 29.7 Å². The minimum absolute atomic E-state index is 0.0840. The third-order valence-corrected chi connectivity index (χ3v) is 12.5. The zero-order valence-corrected chi connectivity index (χ0v) is 44.8. The number of fused-ring (bicyclic) bond motifs is 2. The van der Waals surface area contributed by atoms with Crippen LogP contribution in [0, 0.1) is 22.7 Å². The van der Waals surface area contributed by atoms with Crippen LogP contribution < -0.4 is 31.1 Å². The Labute approximate surface area is 444 Å². The van der Waals surface area contributed by atoms with Gasteiger partial charge in [-0.15, -0.1) is 0 Å². The van der Waals surface area contributed by atoms with Gasteiger partial charge >= 0.3 is 24.2 Å². The maximum Gasteiger partial charge on any atom is 0.410 e. The van der Waals surface area contributed by atoms with E-state index in [2.05, 4.69) is 43.2 Å². The summed E-state index contributed by atoms with van der Waals surface area (Å²) in [5.74, 6) is 2.60. The Kier molecular flexibility index (Phi) is 18.5. The van der Waals surface area contributed by atoms with Gasteiger partial charge in [-0.3, -0.25) is 9.80 Å². The van der Waals surface area contributed by atoms with Gasteiger partial charge in [0.05, 0.1) is 74.9 Å². The van der Waals surface area contributed by atoms with Gasteiger partial charge in [-0.1, -0.05) is 0 Å². The first kappa shape index (κ1) is 55.9. The SMILES string of the molecule is CCNC(=O)Nc1ccc(-c2nc3c(c(N4CCOCC4)n2)CCN(C(=O)OC(C)(C)C)[C@@H]3CC#N)cc1.CCNC(=O)Nc1ccc(-c2nc3c(c(N4CCOCC4)n2)CCN(C(=O)OC(C)(C)C)[C@H]3CC#N)cc1. The van der Waals surface area contributed by atoms with E-state index in [0.29, 0.717) is 126 Å². The van der Waals surface area contributed by atoms with Crippen molar-refractivity contribution in [3.8, 4) is 34.9 Å². The zero-order valence-electron chi connectivity index (χ0n) is 44.8. The predicted molar refractivity (Wildman–Crippen MR) is 286 cm³/mol. The second-order valence-corrected chi connectivity index (χ2v) is 20.4. The average molecular weight is 1040 g/mol. The fraction of sp³-hybridized carbons (Fsp3) is 0.519. The van der Waals surface area contributed by atoms with Crippen molar-refractivity contribution in [2.75, 3.05) is 99.2 Å². The molecule has 404 valence electrons. The first-order valence-corrected chi connectivity index (χ1v) is 25.9. The van der Waals surface area contributed by atoms with Crippen molar-refractivity contribution in [3.63, 3.8) is 0 Å². The van der Waals surface area contributed by atoms with Crippen LogP contribution in [0.15, 0.2) is 48.5 Å². The third-order valence-electron chi connectivity index (χ3n) is 12.5. The number of ether oxygens (including phenoxy) is 4. The highest BCUT2D eigenvalue weighted by Gasteiger charge is 2.39. The Morgan fingerprint density at radius 2 is 0.934 bits per heavy atom. The van der Waals surface area contributed by atoms with Crippen LogP contribution in [-0.2, 0) is 31.8 Å². The minimum atomic E-state index is -0.659. The summed E-state index contributed by atoms with van der Waals surface area (Å²) in [5, 5.41) is 30.3. The number of hydrogen-bond acceptors (Lipinski definition) is 16. The van der Waals surface area contributed by atoms with Gasteiger partial charge < -0.3 is 50.0 Å². The van der Waals surface area contributed by atoms with E-state index in [0.717, 1.165) is 33.9 Å². The summed E-state index contributed by atoms with van der Waals surface area (Å²) in [5.41, 5.74) is 4.72. The summed E-state index contributed by atoms with van der Waals surface area (Å²) in [7, 11) is 0. The van der Waals surface area contributed by atoms with E-state index >= 15 is 0 Å². The van der Waals surface area contributed by atoms with Crippen LogP contribution in [0.2, 0.25) is 0 Å². The lowest BCUT2D eigenvalue weighted by molar-refractivity contribution is 0.0130. The van der Waals surface area contributed by atoms with Crippen molar-refractivity contribution in [1.29, 1.82) is 10.5 Å². The molecule has 0 saturated carbocycles. The zero-order chi connectivity index (χ0) is 54.6. The molecular formula is C54H70N14O8. The first-order chi connectivity index (χ1) is 36.4.